The second-order valence-corrected chi connectivity index (χ2v) is 6.82. The molecule has 22 heavy (non-hydrogen) atoms. The fraction of sp³-hybridized carbons (Fsp3) is 0.526. The van der Waals surface area contributed by atoms with Crippen LogP contribution in [0.3, 0.4) is 0 Å². The van der Waals surface area contributed by atoms with E-state index in [1.54, 1.807) is 6.92 Å². The third-order valence-electron chi connectivity index (χ3n) is 5.46. The SMILES string of the molecule is CC(=O)N1CC=C(c2ccc3c(c2)CC(C)[C@H](C)N3C)CC1. The third kappa shape index (κ3) is 2.65. The van der Waals surface area contributed by atoms with E-state index in [0.717, 1.165) is 25.9 Å². The first kappa shape index (κ1) is 15.1. The Kier molecular flexibility index (Phi) is 3.98. The van der Waals surface area contributed by atoms with Gasteiger partial charge in [-0.15, -0.1) is 0 Å². The number of nitrogens with zero attached hydrogens (tertiary/aromatic N) is 2. The monoisotopic (exact) mass is 298 g/mol. The highest BCUT2D eigenvalue weighted by molar-refractivity contribution is 5.76. The zero-order valence-corrected chi connectivity index (χ0v) is 14.1. The van der Waals surface area contributed by atoms with Crippen LogP contribution in [0.15, 0.2) is 24.3 Å². The Morgan fingerprint density at radius 3 is 2.68 bits per heavy atom. The van der Waals surface area contributed by atoms with E-state index in [1.807, 2.05) is 4.90 Å². The van der Waals surface area contributed by atoms with Gasteiger partial charge in [0.2, 0.25) is 5.91 Å². The molecule has 2 heterocycles. The number of hydrogen-bond acceptors (Lipinski definition) is 2. The van der Waals surface area contributed by atoms with Gasteiger partial charge in [0.05, 0.1) is 0 Å². The Morgan fingerprint density at radius 2 is 2.05 bits per heavy atom. The average Bonchev–Trinajstić information content (AvgIpc) is 2.52. The van der Waals surface area contributed by atoms with Crippen LogP contribution in [-0.4, -0.2) is 37.0 Å². The molecule has 3 nitrogen and oxygen atoms in total. The quantitative estimate of drug-likeness (QED) is 0.794. The van der Waals surface area contributed by atoms with E-state index in [4.69, 9.17) is 0 Å². The van der Waals surface area contributed by atoms with Crippen molar-refractivity contribution in [1.29, 1.82) is 0 Å². The van der Waals surface area contributed by atoms with Crippen LogP contribution in [0.2, 0.25) is 0 Å². The van der Waals surface area contributed by atoms with Gasteiger partial charge in [-0.05, 0) is 54.5 Å². The van der Waals surface area contributed by atoms with E-state index < -0.39 is 0 Å². The summed E-state index contributed by atoms with van der Waals surface area (Å²) in [5, 5.41) is 0. The van der Waals surface area contributed by atoms with Crippen LogP contribution >= 0.6 is 0 Å². The minimum atomic E-state index is 0.171. The Morgan fingerprint density at radius 1 is 1.27 bits per heavy atom. The summed E-state index contributed by atoms with van der Waals surface area (Å²) in [5.41, 5.74) is 5.54. The number of carbonyl (C=O) groups is 1. The molecule has 1 aromatic rings. The zero-order chi connectivity index (χ0) is 15.9. The van der Waals surface area contributed by atoms with Crippen LogP contribution in [0, 0.1) is 5.92 Å². The van der Waals surface area contributed by atoms with E-state index in [1.165, 1.54) is 22.4 Å². The molecule has 3 heteroatoms. The van der Waals surface area contributed by atoms with Crippen LogP contribution in [0.1, 0.15) is 38.3 Å². The van der Waals surface area contributed by atoms with Gasteiger partial charge in [0.15, 0.2) is 0 Å². The number of hydrogen-bond donors (Lipinski definition) is 0. The lowest BCUT2D eigenvalue weighted by Gasteiger charge is -2.38. The highest BCUT2D eigenvalue weighted by atomic mass is 16.2. The molecule has 3 rings (SSSR count). The van der Waals surface area contributed by atoms with Gasteiger partial charge in [-0.25, -0.2) is 0 Å². The van der Waals surface area contributed by atoms with E-state index in [-0.39, 0.29) is 5.91 Å². The van der Waals surface area contributed by atoms with E-state index in [9.17, 15) is 4.79 Å². The summed E-state index contributed by atoms with van der Waals surface area (Å²) in [4.78, 5) is 15.7. The zero-order valence-electron chi connectivity index (χ0n) is 14.1. The predicted molar refractivity (Wildman–Crippen MR) is 92.0 cm³/mol. The van der Waals surface area contributed by atoms with Crippen molar-refractivity contribution in [2.75, 3.05) is 25.0 Å². The Labute approximate surface area is 133 Å². The first-order chi connectivity index (χ1) is 10.5. The van der Waals surface area contributed by atoms with E-state index in [2.05, 4.69) is 50.1 Å². The predicted octanol–water partition coefficient (Wildman–Crippen LogP) is 3.34. The molecule has 2 atom stereocenters. The van der Waals surface area contributed by atoms with Crippen LogP contribution in [0.25, 0.3) is 5.57 Å². The molecular weight excluding hydrogens is 272 g/mol. The van der Waals surface area contributed by atoms with E-state index >= 15 is 0 Å². The maximum Gasteiger partial charge on any atom is 0.219 e. The lowest BCUT2D eigenvalue weighted by molar-refractivity contribution is -0.128. The molecule has 1 aromatic carbocycles. The Hall–Kier alpha value is -1.77. The van der Waals surface area contributed by atoms with Crippen LogP contribution in [0.4, 0.5) is 5.69 Å². The summed E-state index contributed by atoms with van der Waals surface area (Å²) < 4.78 is 0. The fourth-order valence-corrected chi connectivity index (χ4v) is 3.63. The summed E-state index contributed by atoms with van der Waals surface area (Å²) in [7, 11) is 2.20. The van der Waals surface area contributed by atoms with Gasteiger partial charge in [0, 0.05) is 38.8 Å². The number of anilines is 1. The summed E-state index contributed by atoms with van der Waals surface area (Å²) >= 11 is 0. The van der Waals surface area contributed by atoms with Crippen LogP contribution in [-0.2, 0) is 11.2 Å². The molecule has 0 saturated heterocycles. The second-order valence-electron chi connectivity index (χ2n) is 6.82. The van der Waals surface area contributed by atoms with Crippen LogP contribution in [0.5, 0.6) is 0 Å². The smallest absolute Gasteiger partial charge is 0.219 e. The third-order valence-corrected chi connectivity index (χ3v) is 5.46. The van der Waals surface area contributed by atoms with Crippen molar-refractivity contribution in [2.24, 2.45) is 5.92 Å². The fourth-order valence-electron chi connectivity index (χ4n) is 3.63. The minimum Gasteiger partial charge on any atom is -0.371 e. The molecule has 1 amide bonds. The van der Waals surface area contributed by atoms with Crippen molar-refractivity contribution in [1.82, 2.24) is 4.90 Å². The summed E-state index contributed by atoms with van der Waals surface area (Å²) in [6.45, 7) is 7.87. The van der Waals surface area contributed by atoms with Gasteiger partial charge in [-0.3, -0.25) is 4.79 Å². The molecule has 0 N–H and O–H groups in total. The average molecular weight is 298 g/mol. The standard InChI is InChI=1S/C19H26N2O/c1-13-11-18-12-17(5-6-19(18)20(4)14(13)2)16-7-9-21(10-8-16)15(3)22/h5-7,12-14H,8-11H2,1-4H3/t13?,14-/m0/s1. The molecule has 118 valence electrons. The molecule has 0 saturated carbocycles. The molecule has 2 aliphatic heterocycles. The van der Waals surface area contributed by atoms with Gasteiger partial charge in [-0.2, -0.15) is 0 Å². The number of fused-ring (bicyclic) bond motifs is 1. The van der Waals surface area contributed by atoms with Crippen LogP contribution < -0.4 is 4.90 Å². The maximum absolute atomic E-state index is 11.4. The van der Waals surface area contributed by atoms with E-state index in [0.29, 0.717) is 12.0 Å². The number of amides is 1. The molecule has 0 fully saturated rings. The summed E-state index contributed by atoms with van der Waals surface area (Å²) in [5.74, 6) is 0.853. The van der Waals surface area contributed by atoms with Crippen molar-refractivity contribution in [2.45, 2.75) is 39.7 Å². The van der Waals surface area contributed by atoms with Crippen molar-refractivity contribution in [3.63, 3.8) is 0 Å². The van der Waals surface area contributed by atoms with Crippen molar-refractivity contribution in [3.05, 3.63) is 35.4 Å². The molecule has 0 aliphatic carbocycles. The van der Waals surface area contributed by atoms with Gasteiger partial charge in [0.25, 0.3) is 0 Å². The minimum absolute atomic E-state index is 0.171. The Bertz CT molecular complexity index is 620. The topological polar surface area (TPSA) is 23.6 Å². The summed E-state index contributed by atoms with van der Waals surface area (Å²) in [6.07, 6.45) is 4.33. The molecule has 0 radical (unpaired) electrons. The number of benzene rings is 1. The first-order valence-electron chi connectivity index (χ1n) is 8.28. The van der Waals surface area contributed by atoms with Crippen molar-refractivity contribution >= 4 is 17.2 Å². The second kappa shape index (κ2) is 5.79. The highest BCUT2D eigenvalue weighted by Crippen LogP contribution is 2.35. The molecule has 0 bridgehead atoms. The Balaban J connectivity index is 1.86. The van der Waals surface area contributed by atoms with Gasteiger partial charge in [-0.1, -0.05) is 19.1 Å². The van der Waals surface area contributed by atoms with Gasteiger partial charge in [0.1, 0.15) is 0 Å². The molecule has 0 aromatic heterocycles. The molecular formula is C19H26N2O. The normalized spacial score (nSPS) is 24.8. The molecule has 0 spiro atoms. The van der Waals surface area contributed by atoms with Crippen molar-refractivity contribution in [3.8, 4) is 0 Å². The van der Waals surface area contributed by atoms with Crippen molar-refractivity contribution < 1.29 is 4.79 Å². The lowest BCUT2D eigenvalue weighted by atomic mass is 9.86. The maximum atomic E-state index is 11.4. The first-order valence-corrected chi connectivity index (χ1v) is 8.28. The number of carbonyl (C=O) groups excluding carboxylic acids is 1. The highest BCUT2D eigenvalue weighted by Gasteiger charge is 2.26. The summed E-state index contributed by atoms with van der Waals surface area (Å²) in [6, 6.07) is 7.47. The molecule has 2 aliphatic rings. The molecule has 1 unspecified atom stereocenters. The van der Waals surface area contributed by atoms with Gasteiger partial charge >= 0.3 is 0 Å². The largest absolute Gasteiger partial charge is 0.371 e. The van der Waals surface area contributed by atoms with Gasteiger partial charge < -0.3 is 9.80 Å². The number of rotatable bonds is 1. The lowest BCUT2D eigenvalue weighted by Crippen LogP contribution is -2.39.